The van der Waals surface area contributed by atoms with Crippen molar-refractivity contribution < 1.29 is 13.2 Å². The average Bonchev–Trinajstić information content (AvgIpc) is 2.39. The van der Waals surface area contributed by atoms with Crippen LogP contribution >= 0.6 is 0 Å². The van der Waals surface area contributed by atoms with E-state index in [2.05, 4.69) is 10.0 Å². The highest BCUT2D eigenvalue weighted by Gasteiger charge is 2.45. The van der Waals surface area contributed by atoms with Gasteiger partial charge in [-0.3, -0.25) is 9.52 Å². The molecular formula is C15H22N2O3S. The molecule has 0 radical (unpaired) electrons. The first-order valence-electron chi connectivity index (χ1n) is 7.33. The number of hydrogen-bond donors (Lipinski definition) is 2. The number of amides is 1. The van der Waals surface area contributed by atoms with Crippen molar-refractivity contribution in [2.45, 2.75) is 38.5 Å². The van der Waals surface area contributed by atoms with Crippen molar-refractivity contribution in [2.24, 2.45) is 0 Å². The van der Waals surface area contributed by atoms with Crippen LogP contribution in [-0.4, -0.2) is 26.6 Å². The predicted molar refractivity (Wildman–Crippen MR) is 83.7 cm³/mol. The second-order valence-corrected chi connectivity index (χ2v) is 7.39. The average molecular weight is 310 g/mol. The molecule has 21 heavy (non-hydrogen) atoms. The number of hydrogen-bond acceptors (Lipinski definition) is 3. The van der Waals surface area contributed by atoms with Gasteiger partial charge >= 0.3 is 0 Å². The molecule has 0 bridgehead atoms. The van der Waals surface area contributed by atoms with Gasteiger partial charge in [0.2, 0.25) is 15.9 Å². The third-order valence-corrected chi connectivity index (χ3v) is 5.38. The molecule has 1 aliphatic rings. The Bertz CT molecular complexity index is 604. The predicted octanol–water partition coefficient (Wildman–Crippen LogP) is 2.01. The molecule has 1 saturated carbocycles. The van der Waals surface area contributed by atoms with Gasteiger partial charge in [-0.2, -0.15) is 0 Å². The van der Waals surface area contributed by atoms with Crippen LogP contribution in [0.2, 0.25) is 0 Å². The summed E-state index contributed by atoms with van der Waals surface area (Å²) in [6, 6.07) is 7.15. The van der Waals surface area contributed by atoms with E-state index in [0.717, 1.165) is 24.8 Å². The SMILES string of the molecule is CCNC(=O)C1(c2ccc(NS(=O)(=O)CC)cc2)CCC1. The molecule has 5 nitrogen and oxygen atoms in total. The monoisotopic (exact) mass is 310 g/mol. The number of sulfonamides is 1. The van der Waals surface area contributed by atoms with Crippen LogP contribution < -0.4 is 10.0 Å². The fourth-order valence-electron chi connectivity index (χ4n) is 2.62. The normalized spacial score (nSPS) is 16.9. The molecule has 0 aliphatic heterocycles. The smallest absolute Gasteiger partial charge is 0.232 e. The highest BCUT2D eigenvalue weighted by atomic mass is 32.2. The highest BCUT2D eigenvalue weighted by molar-refractivity contribution is 7.92. The molecule has 0 atom stereocenters. The quantitative estimate of drug-likeness (QED) is 0.844. The molecule has 0 unspecified atom stereocenters. The van der Waals surface area contributed by atoms with Crippen molar-refractivity contribution >= 4 is 21.6 Å². The van der Waals surface area contributed by atoms with Crippen molar-refractivity contribution in [1.82, 2.24) is 5.32 Å². The molecule has 0 spiro atoms. The minimum atomic E-state index is -3.27. The van der Waals surface area contributed by atoms with Crippen molar-refractivity contribution in [3.05, 3.63) is 29.8 Å². The lowest BCUT2D eigenvalue weighted by molar-refractivity contribution is -0.129. The second-order valence-electron chi connectivity index (χ2n) is 5.38. The first-order valence-corrected chi connectivity index (χ1v) is 8.98. The van der Waals surface area contributed by atoms with Gasteiger partial charge in [-0.1, -0.05) is 18.6 Å². The van der Waals surface area contributed by atoms with Crippen LogP contribution in [0.1, 0.15) is 38.7 Å². The fraction of sp³-hybridized carbons (Fsp3) is 0.533. The zero-order valence-corrected chi connectivity index (χ0v) is 13.3. The van der Waals surface area contributed by atoms with Crippen LogP contribution in [0.5, 0.6) is 0 Å². The van der Waals surface area contributed by atoms with E-state index in [1.807, 2.05) is 19.1 Å². The van der Waals surface area contributed by atoms with E-state index in [4.69, 9.17) is 0 Å². The van der Waals surface area contributed by atoms with Crippen molar-refractivity contribution in [3.8, 4) is 0 Å². The van der Waals surface area contributed by atoms with Crippen LogP contribution in [0.15, 0.2) is 24.3 Å². The topological polar surface area (TPSA) is 75.3 Å². The summed E-state index contributed by atoms with van der Waals surface area (Å²) in [6.45, 7) is 4.12. The van der Waals surface area contributed by atoms with Gasteiger partial charge in [0.25, 0.3) is 0 Å². The maximum Gasteiger partial charge on any atom is 0.232 e. The third kappa shape index (κ3) is 3.20. The molecule has 1 amide bonds. The van der Waals surface area contributed by atoms with Gasteiger partial charge < -0.3 is 5.32 Å². The molecule has 0 saturated heterocycles. The standard InChI is InChI=1S/C15H22N2O3S/c1-3-16-14(18)15(10-5-11-15)12-6-8-13(9-7-12)17-21(19,20)4-2/h6-9,17H,3-5,10-11H2,1-2H3,(H,16,18). The third-order valence-electron chi connectivity index (χ3n) is 4.07. The van der Waals surface area contributed by atoms with Gasteiger partial charge in [-0.05, 0) is 44.4 Å². The van der Waals surface area contributed by atoms with Gasteiger partial charge in [-0.15, -0.1) is 0 Å². The number of rotatable bonds is 6. The van der Waals surface area contributed by atoms with E-state index in [0.29, 0.717) is 12.2 Å². The fourth-order valence-corrected chi connectivity index (χ4v) is 3.26. The Morgan fingerprint density at radius 2 is 1.81 bits per heavy atom. The molecular weight excluding hydrogens is 288 g/mol. The Morgan fingerprint density at radius 3 is 2.24 bits per heavy atom. The first kappa shape index (κ1) is 15.8. The number of likely N-dealkylation sites (N-methyl/N-ethyl adjacent to an activating group) is 1. The molecule has 2 rings (SSSR count). The lowest BCUT2D eigenvalue weighted by atomic mass is 9.64. The molecule has 1 aromatic carbocycles. The van der Waals surface area contributed by atoms with Gasteiger partial charge in [0.05, 0.1) is 11.2 Å². The summed E-state index contributed by atoms with van der Waals surface area (Å²) < 4.78 is 25.6. The van der Waals surface area contributed by atoms with Gasteiger partial charge in [0.15, 0.2) is 0 Å². The Hall–Kier alpha value is -1.56. The summed E-state index contributed by atoms with van der Waals surface area (Å²) >= 11 is 0. The summed E-state index contributed by atoms with van der Waals surface area (Å²) in [4.78, 5) is 12.3. The van der Waals surface area contributed by atoms with Gasteiger partial charge in [0.1, 0.15) is 0 Å². The Kier molecular flexibility index (Phi) is 4.56. The molecule has 6 heteroatoms. The Labute approximate surface area is 126 Å². The minimum absolute atomic E-state index is 0.0393. The van der Waals surface area contributed by atoms with E-state index in [1.54, 1.807) is 19.1 Å². The summed E-state index contributed by atoms with van der Waals surface area (Å²) in [5, 5.41) is 2.90. The number of carbonyl (C=O) groups is 1. The van der Waals surface area contributed by atoms with Crippen LogP contribution in [0.4, 0.5) is 5.69 Å². The number of anilines is 1. The van der Waals surface area contributed by atoms with Crippen LogP contribution in [0.25, 0.3) is 0 Å². The Balaban J connectivity index is 2.20. The largest absolute Gasteiger partial charge is 0.356 e. The van der Waals surface area contributed by atoms with Crippen LogP contribution in [0.3, 0.4) is 0 Å². The van der Waals surface area contributed by atoms with Crippen LogP contribution in [-0.2, 0) is 20.2 Å². The number of carbonyl (C=O) groups excluding carboxylic acids is 1. The van der Waals surface area contributed by atoms with Gasteiger partial charge in [0, 0.05) is 12.2 Å². The molecule has 1 aliphatic carbocycles. The minimum Gasteiger partial charge on any atom is -0.356 e. The number of benzene rings is 1. The van der Waals surface area contributed by atoms with E-state index >= 15 is 0 Å². The van der Waals surface area contributed by atoms with E-state index < -0.39 is 15.4 Å². The maximum atomic E-state index is 12.3. The summed E-state index contributed by atoms with van der Waals surface area (Å²) in [7, 11) is -3.27. The van der Waals surface area contributed by atoms with Crippen molar-refractivity contribution in [1.29, 1.82) is 0 Å². The van der Waals surface area contributed by atoms with Crippen molar-refractivity contribution in [3.63, 3.8) is 0 Å². The summed E-state index contributed by atoms with van der Waals surface area (Å²) in [5.74, 6) is 0.107. The van der Waals surface area contributed by atoms with Gasteiger partial charge in [-0.25, -0.2) is 8.42 Å². The zero-order valence-electron chi connectivity index (χ0n) is 12.5. The highest BCUT2D eigenvalue weighted by Crippen LogP contribution is 2.44. The van der Waals surface area contributed by atoms with E-state index in [1.165, 1.54) is 0 Å². The second kappa shape index (κ2) is 6.05. The molecule has 0 heterocycles. The molecule has 116 valence electrons. The summed E-state index contributed by atoms with van der Waals surface area (Å²) in [5.41, 5.74) is 1.06. The molecule has 2 N–H and O–H groups in total. The van der Waals surface area contributed by atoms with Crippen molar-refractivity contribution in [2.75, 3.05) is 17.0 Å². The number of nitrogens with one attached hydrogen (secondary N) is 2. The molecule has 1 fully saturated rings. The summed E-state index contributed by atoms with van der Waals surface area (Å²) in [6.07, 6.45) is 2.74. The van der Waals surface area contributed by atoms with Crippen LogP contribution in [0, 0.1) is 0 Å². The Morgan fingerprint density at radius 1 is 1.19 bits per heavy atom. The van der Waals surface area contributed by atoms with E-state index in [9.17, 15) is 13.2 Å². The maximum absolute atomic E-state index is 12.3. The lowest BCUT2D eigenvalue weighted by Crippen LogP contribution is -2.49. The molecule has 1 aromatic rings. The molecule has 0 aromatic heterocycles. The lowest BCUT2D eigenvalue weighted by Gasteiger charge is -2.40. The first-order chi connectivity index (χ1) is 9.93. The van der Waals surface area contributed by atoms with E-state index in [-0.39, 0.29) is 11.7 Å². The zero-order chi connectivity index (χ0) is 15.5.